The van der Waals surface area contributed by atoms with Crippen LogP contribution in [-0.2, 0) is 5.41 Å². The smallest absolute Gasteiger partial charge is 0.183 e. The lowest BCUT2D eigenvalue weighted by Gasteiger charge is -2.15. The Kier molecular flexibility index (Phi) is 4.45. The third-order valence-corrected chi connectivity index (χ3v) is 4.57. The van der Waals surface area contributed by atoms with Gasteiger partial charge >= 0.3 is 0 Å². The zero-order valence-corrected chi connectivity index (χ0v) is 15.6. The SMILES string of the molecule is CSc1cccc(N=Nc2c(C(C)(C)C)nc3c(C)cccn23)c1. The molecule has 124 valence electrons. The molecular weight excluding hydrogens is 316 g/mol. The second-order valence-corrected chi connectivity index (χ2v) is 7.70. The van der Waals surface area contributed by atoms with Crippen molar-refractivity contribution in [3.05, 3.63) is 53.9 Å². The fourth-order valence-electron chi connectivity index (χ4n) is 2.57. The van der Waals surface area contributed by atoms with Gasteiger partial charge in [-0.2, -0.15) is 0 Å². The zero-order valence-electron chi connectivity index (χ0n) is 14.7. The molecule has 4 nitrogen and oxygen atoms in total. The van der Waals surface area contributed by atoms with Crippen molar-refractivity contribution in [2.45, 2.75) is 38.0 Å². The Morgan fingerprint density at radius 1 is 1.08 bits per heavy atom. The lowest BCUT2D eigenvalue weighted by atomic mass is 9.92. The first-order valence-electron chi connectivity index (χ1n) is 7.94. The van der Waals surface area contributed by atoms with Crippen molar-refractivity contribution in [1.29, 1.82) is 0 Å². The van der Waals surface area contributed by atoms with E-state index in [9.17, 15) is 0 Å². The van der Waals surface area contributed by atoms with Crippen molar-refractivity contribution in [2.24, 2.45) is 10.2 Å². The molecular formula is C19H22N4S. The maximum atomic E-state index is 4.83. The Balaban J connectivity index is 2.13. The Bertz CT molecular complexity index is 903. The maximum Gasteiger partial charge on any atom is 0.183 e. The summed E-state index contributed by atoms with van der Waals surface area (Å²) in [6.07, 6.45) is 4.05. The molecule has 0 fully saturated rings. The number of hydrogen-bond donors (Lipinski definition) is 0. The number of pyridine rings is 1. The highest BCUT2D eigenvalue weighted by Gasteiger charge is 2.24. The van der Waals surface area contributed by atoms with Gasteiger partial charge in [-0.1, -0.05) is 32.9 Å². The van der Waals surface area contributed by atoms with Crippen LogP contribution in [0.15, 0.2) is 57.7 Å². The first-order valence-corrected chi connectivity index (χ1v) is 9.16. The van der Waals surface area contributed by atoms with E-state index in [-0.39, 0.29) is 5.41 Å². The van der Waals surface area contributed by atoms with Crippen LogP contribution in [0.2, 0.25) is 0 Å². The molecule has 0 aliphatic carbocycles. The van der Waals surface area contributed by atoms with Crippen LogP contribution in [0.1, 0.15) is 32.0 Å². The average Bonchev–Trinajstić information content (AvgIpc) is 2.93. The van der Waals surface area contributed by atoms with Crippen LogP contribution in [0, 0.1) is 6.92 Å². The molecule has 0 aliphatic rings. The third kappa shape index (κ3) is 3.22. The monoisotopic (exact) mass is 338 g/mol. The molecule has 0 N–H and O–H groups in total. The Hall–Kier alpha value is -2.14. The van der Waals surface area contributed by atoms with Gasteiger partial charge < -0.3 is 0 Å². The highest BCUT2D eigenvalue weighted by Crippen LogP contribution is 2.34. The Labute approximate surface area is 147 Å². The summed E-state index contributed by atoms with van der Waals surface area (Å²) in [4.78, 5) is 6.01. The molecule has 24 heavy (non-hydrogen) atoms. The molecule has 0 radical (unpaired) electrons. The normalized spacial score (nSPS) is 12.4. The molecule has 1 aromatic carbocycles. The van der Waals surface area contributed by atoms with Gasteiger partial charge in [0.25, 0.3) is 0 Å². The first-order chi connectivity index (χ1) is 11.4. The minimum Gasteiger partial charge on any atom is -0.283 e. The zero-order chi connectivity index (χ0) is 17.3. The van der Waals surface area contributed by atoms with Crippen molar-refractivity contribution >= 4 is 28.9 Å². The van der Waals surface area contributed by atoms with Gasteiger partial charge in [-0.15, -0.1) is 22.0 Å². The highest BCUT2D eigenvalue weighted by molar-refractivity contribution is 7.98. The number of rotatable bonds is 3. The number of aryl methyl sites for hydroxylation is 1. The minimum atomic E-state index is -0.103. The molecule has 0 bridgehead atoms. The highest BCUT2D eigenvalue weighted by atomic mass is 32.2. The van der Waals surface area contributed by atoms with Gasteiger partial charge in [-0.25, -0.2) is 4.98 Å². The average molecular weight is 338 g/mol. The van der Waals surface area contributed by atoms with Gasteiger partial charge in [0.15, 0.2) is 5.82 Å². The predicted octanol–water partition coefficient (Wildman–Crippen LogP) is 6.08. The topological polar surface area (TPSA) is 42.0 Å². The molecule has 0 amide bonds. The lowest BCUT2D eigenvalue weighted by Crippen LogP contribution is -2.11. The lowest BCUT2D eigenvalue weighted by molar-refractivity contribution is 0.573. The number of azo groups is 1. The van der Waals surface area contributed by atoms with E-state index in [2.05, 4.69) is 56.3 Å². The Morgan fingerprint density at radius 3 is 2.58 bits per heavy atom. The summed E-state index contributed by atoms with van der Waals surface area (Å²) in [5.74, 6) is 0.802. The van der Waals surface area contributed by atoms with Crippen molar-refractivity contribution in [3.63, 3.8) is 0 Å². The summed E-state index contributed by atoms with van der Waals surface area (Å²) in [5, 5.41) is 9.03. The van der Waals surface area contributed by atoms with Crippen LogP contribution in [-0.4, -0.2) is 15.6 Å². The molecule has 0 spiro atoms. The molecule has 2 heterocycles. The summed E-state index contributed by atoms with van der Waals surface area (Å²) in [5.41, 5.74) is 3.78. The van der Waals surface area contributed by atoms with Gasteiger partial charge in [0, 0.05) is 16.5 Å². The van der Waals surface area contributed by atoms with Gasteiger partial charge in [0.2, 0.25) is 0 Å². The van der Waals surface area contributed by atoms with Crippen LogP contribution >= 0.6 is 11.8 Å². The fourth-order valence-corrected chi connectivity index (χ4v) is 3.02. The molecule has 0 saturated carbocycles. The molecule has 0 aliphatic heterocycles. The van der Waals surface area contributed by atoms with E-state index in [1.54, 1.807) is 11.8 Å². The third-order valence-electron chi connectivity index (χ3n) is 3.84. The molecule has 3 aromatic rings. The molecule has 0 unspecified atom stereocenters. The van der Waals surface area contributed by atoms with Crippen LogP contribution < -0.4 is 0 Å². The number of fused-ring (bicyclic) bond motifs is 1. The maximum absolute atomic E-state index is 4.83. The first kappa shape index (κ1) is 16.7. The van der Waals surface area contributed by atoms with E-state index < -0.39 is 0 Å². The van der Waals surface area contributed by atoms with Crippen LogP contribution in [0.5, 0.6) is 0 Å². The summed E-state index contributed by atoms with van der Waals surface area (Å²) in [6, 6.07) is 12.2. The van der Waals surface area contributed by atoms with Crippen molar-refractivity contribution in [1.82, 2.24) is 9.38 Å². The van der Waals surface area contributed by atoms with Crippen LogP contribution in [0.25, 0.3) is 5.65 Å². The quantitative estimate of drug-likeness (QED) is 0.429. The largest absolute Gasteiger partial charge is 0.283 e. The number of imidazole rings is 1. The van der Waals surface area contributed by atoms with Crippen LogP contribution in [0.4, 0.5) is 11.5 Å². The van der Waals surface area contributed by atoms with E-state index in [1.807, 2.05) is 34.9 Å². The number of nitrogens with zero attached hydrogens (tertiary/aromatic N) is 4. The minimum absolute atomic E-state index is 0.103. The number of aromatic nitrogens is 2. The summed E-state index contributed by atoms with van der Waals surface area (Å²) in [7, 11) is 0. The van der Waals surface area contributed by atoms with Gasteiger partial charge in [0.1, 0.15) is 5.65 Å². The van der Waals surface area contributed by atoms with Crippen molar-refractivity contribution in [2.75, 3.05) is 6.26 Å². The van der Waals surface area contributed by atoms with Crippen molar-refractivity contribution in [3.8, 4) is 0 Å². The van der Waals surface area contributed by atoms with Crippen molar-refractivity contribution < 1.29 is 0 Å². The summed E-state index contributed by atoms with van der Waals surface area (Å²) >= 11 is 1.70. The summed E-state index contributed by atoms with van der Waals surface area (Å²) in [6.45, 7) is 8.52. The fraction of sp³-hybridized carbons (Fsp3) is 0.316. The Morgan fingerprint density at radius 2 is 1.88 bits per heavy atom. The van der Waals surface area contributed by atoms with E-state index in [0.717, 1.165) is 28.4 Å². The molecule has 0 saturated heterocycles. The number of benzene rings is 1. The number of thioether (sulfide) groups is 1. The predicted molar refractivity (Wildman–Crippen MR) is 101 cm³/mol. The molecule has 5 heteroatoms. The number of hydrogen-bond acceptors (Lipinski definition) is 4. The molecule has 0 atom stereocenters. The van der Waals surface area contributed by atoms with Gasteiger partial charge in [0.05, 0.1) is 11.4 Å². The van der Waals surface area contributed by atoms with Crippen LogP contribution in [0.3, 0.4) is 0 Å². The molecule has 2 aromatic heterocycles. The second kappa shape index (κ2) is 6.40. The van der Waals surface area contributed by atoms with E-state index in [1.165, 1.54) is 4.90 Å². The van der Waals surface area contributed by atoms with E-state index in [4.69, 9.17) is 4.98 Å². The standard InChI is InChI=1S/C19H22N4S/c1-13-8-7-11-23-17(13)20-16(19(2,3)4)18(23)22-21-14-9-6-10-15(12-14)24-5/h6-12H,1-5H3. The molecule has 3 rings (SSSR count). The second-order valence-electron chi connectivity index (χ2n) is 6.82. The van der Waals surface area contributed by atoms with E-state index in [0.29, 0.717) is 0 Å². The van der Waals surface area contributed by atoms with E-state index >= 15 is 0 Å². The van der Waals surface area contributed by atoms with Gasteiger partial charge in [-0.05, 0) is 43.0 Å². The van der Waals surface area contributed by atoms with Gasteiger partial charge in [-0.3, -0.25) is 4.40 Å². The summed E-state index contributed by atoms with van der Waals surface area (Å²) < 4.78 is 2.03.